The Labute approximate surface area is 131 Å². The van der Waals surface area contributed by atoms with E-state index in [9.17, 15) is 0 Å². The second-order valence-corrected chi connectivity index (χ2v) is 6.16. The highest BCUT2D eigenvalue weighted by atomic mass is 15.0. The lowest BCUT2D eigenvalue weighted by atomic mass is 9.87. The van der Waals surface area contributed by atoms with Gasteiger partial charge in [-0.25, -0.2) is 0 Å². The zero-order chi connectivity index (χ0) is 14.8. The molecular formula is C20H20N2. The predicted octanol–water partition coefficient (Wildman–Crippen LogP) is 5.12. The van der Waals surface area contributed by atoms with Crippen LogP contribution in [0.25, 0.3) is 10.9 Å². The summed E-state index contributed by atoms with van der Waals surface area (Å²) >= 11 is 0. The molecule has 2 heteroatoms. The smallest absolute Gasteiger partial charge is 0.0933 e. The van der Waals surface area contributed by atoms with E-state index in [0.29, 0.717) is 0 Å². The van der Waals surface area contributed by atoms with Crippen LogP contribution in [-0.2, 0) is 5.54 Å². The van der Waals surface area contributed by atoms with Gasteiger partial charge in [0.25, 0.3) is 0 Å². The first-order chi connectivity index (χ1) is 10.9. The average molecular weight is 288 g/mol. The van der Waals surface area contributed by atoms with Crippen molar-refractivity contribution in [3.8, 4) is 0 Å². The lowest BCUT2D eigenvalue weighted by Gasteiger charge is -2.32. The van der Waals surface area contributed by atoms with Gasteiger partial charge in [0.2, 0.25) is 0 Å². The van der Waals surface area contributed by atoms with E-state index in [1.165, 1.54) is 36.6 Å². The number of fused-ring (bicyclic) bond motifs is 1. The maximum Gasteiger partial charge on any atom is 0.0933 e. The van der Waals surface area contributed by atoms with E-state index >= 15 is 0 Å². The Bertz CT molecular complexity index is 769. The van der Waals surface area contributed by atoms with Gasteiger partial charge in [0.1, 0.15) is 0 Å². The summed E-state index contributed by atoms with van der Waals surface area (Å²) in [6, 6.07) is 21.4. The normalized spacial score (nSPS) is 16.7. The van der Waals surface area contributed by atoms with Gasteiger partial charge in [-0.2, -0.15) is 0 Å². The molecule has 1 aliphatic rings. The van der Waals surface area contributed by atoms with Crippen LogP contribution < -0.4 is 5.32 Å². The van der Waals surface area contributed by atoms with Gasteiger partial charge in [-0.1, -0.05) is 61.4 Å². The molecule has 2 nitrogen and oxygen atoms in total. The molecular weight excluding hydrogens is 268 g/mol. The van der Waals surface area contributed by atoms with Crippen LogP contribution in [0.5, 0.6) is 0 Å². The van der Waals surface area contributed by atoms with Crippen LogP contribution >= 0.6 is 0 Å². The van der Waals surface area contributed by atoms with E-state index < -0.39 is 0 Å². The molecule has 0 radical (unpaired) electrons. The van der Waals surface area contributed by atoms with E-state index in [-0.39, 0.29) is 5.54 Å². The van der Waals surface area contributed by atoms with Crippen molar-refractivity contribution in [2.75, 3.05) is 5.32 Å². The number of aromatic nitrogens is 1. The monoisotopic (exact) mass is 288 g/mol. The van der Waals surface area contributed by atoms with Crippen molar-refractivity contribution in [3.63, 3.8) is 0 Å². The number of hydrogen-bond acceptors (Lipinski definition) is 2. The zero-order valence-electron chi connectivity index (χ0n) is 12.6. The van der Waals surface area contributed by atoms with Gasteiger partial charge in [-0.3, -0.25) is 4.98 Å². The minimum Gasteiger partial charge on any atom is -0.374 e. The van der Waals surface area contributed by atoms with Gasteiger partial charge in [0.05, 0.1) is 16.7 Å². The fourth-order valence-electron chi connectivity index (χ4n) is 3.68. The number of hydrogen-bond donors (Lipinski definition) is 1. The van der Waals surface area contributed by atoms with Crippen molar-refractivity contribution in [1.82, 2.24) is 4.98 Å². The van der Waals surface area contributed by atoms with Gasteiger partial charge in [-0.05, 0) is 30.5 Å². The number of anilines is 1. The van der Waals surface area contributed by atoms with Crippen LogP contribution in [0.4, 0.5) is 5.69 Å². The molecule has 1 saturated carbocycles. The summed E-state index contributed by atoms with van der Waals surface area (Å²) in [5.41, 5.74) is 3.64. The van der Waals surface area contributed by atoms with Gasteiger partial charge in [0, 0.05) is 11.6 Å². The third-order valence-corrected chi connectivity index (χ3v) is 4.79. The predicted molar refractivity (Wildman–Crippen MR) is 92.0 cm³/mol. The third kappa shape index (κ3) is 2.25. The molecule has 110 valence electrons. The summed E-state index contributed by atoms with van der Waals surface area (Å²) in [6.07, 6.45) is 6.79. The Morgan fingerprint density at radius 1 is 0.818 bits per heavy atom. The molecule has 1 aromatic heterocycles. The average Bonchev–Trinajstić information content (AvgIpc) is 3.06. The molecule has 0 unspecified atom stereocenters. The summed E-state index contributed by atoms with van der Waals surface area (Å²) < 4.78 is 0. The van der Waals surface area contributed by atoms with Gasteiger partial charge >= 0.3 is 0 Å². The maximum atomic E-state index is 4.59. The molecule has 0 saturated heterocycles. The molecule has 1 fully saturated rings. The number of para-hydroxylation sites is 1. The Balaban J connectivity index is 1.79. The molecule has 1 heterocycles. The van der Waals surface area contributed by atoms with Crippen molar-refractivity contribution in [1.29, 1.82) is 0 Å². The molecule has 0 atom stereocenters. The number of nitrogens with one attached hydrogen (secondary N) is 1. The van der Waals surface area contributed by atoms with Gasteiger partial charge in [-0.15, -0.1) is 0 Å². The highest BCUT2D eigenvalue weighted by Gasteiger charge is 2.35. The lowest BCUT2D eigenvalue weighted by Crippen LogP contribution is -2.32. The van der Waals surface area contributed by atoms with Gasteiger partial charge in [0.15, 0.2) is 0 Å². The summed E-state index contributed by atoms with van der Waals surface area (Å²) in [5.74, 6) is 0. The van der Waals surface area contributed by atoms with Crippen LogP contribution in [0.2, 0.25) is 0 Å². The van der Waals surface area contributed by atoms with Crippen LogP contribution in [0.15, 0.2) is 66.9 Å². The Hall–Kier alpha value is -2.35. The van der Waals surface area contributed by atoms with Crippen LogP contribution in [0.1, 0.15) is 31.2 Å². The van der Waals surface area contributed by atoms with E-state index in [1.807, 2.05) is 12.3 Å². The van der Waals surface area contributed by atoms with Crippen LogP contribution in [-0.4, -0.2) is 4.98 Å². The number of rotatable bonds is 3. The first-order valence-corrected chi connectivity index (χ1v) is 8.05. The first kappa shape index (κ1) is 13.3. The van der Waals surface area contributed by atoms with E-state index in [2.05, 4.69) is 64.9 Å². The maximum absolute atomic E-state index is 4.59. The molecule has 4 rings (SSSR count). The van der Waals surface area contributed by atoms with Crippen molar-refractivity contribution in [3.05, 3.63) is 72.4 Å². The summed E-state index contributed by atoms with van der Waals surface area (Å²) in [5, 5.41) is 5.04. The summed E-state index contributed by atoms with van der Waals surface area (Å²) in [7, 11) is 0. The minimum atomic E-state index is 0.0487. The quantitative estimate of drug-likeness (QED) is 0.724. The van der Waals surface area contributed by atoms with E-state index in [0.717, 1.165) is 11.2 Å². The third-order valence-electron chi connectivity index (χ3n) is 4.79. The molecule has 0 spiro atoms. The van der Waals surface area contributed by atoms with E-state index in [1.54, 1.807) is 0 Å². The fraction of sp³-hybridized carbons (Fsp3) is 0.250. The lowest BCUT2D eigenvalue weighted by molar-refractivity contribution is 0.509. The minimum absolute atomic E-state index is 0.0487. The highest BCUT2D eigenvalue weighted by molar-refractivity contribution is 5.90. The van der Waals surface area contributed by atoms with Gasteiger partial charge < -0.3 is 5.32 Å². The summed E-state index contributed by atoms with van der Waals surface area (Å²) in [4.78, 5) is 4.59. The van der Waals surface area contributed by atoms with E-state index in [4.69, 9.17) is 0 Å². The van der Waals surface area contributed by atoms with Crippen molar-refractivity contribution in [2.24, 2.45) is 0 Å². The number of nitrogens with zero attached hydrogens (tertiary/aromatic N) is 1. The largest absolute Gasteiger partial charge is 0.374 e. The molecule has 2 aromatic carbocycles. The van der Waals surface area contributed by atoms with Crippen LogP contribution in [0, 0.1) is 0 Å². The highest BCUT2D eigenvalue weighted by Crippen LogP contribution is 2.42. The summed E-state index contributed by atoms with van der Waals surface area (Å²) in [6.45, 7) is 0. The molecule has 0 aliphatic heterocycles. The zero-order valence-corrected chi connectivity index (χ0v) is 12.6. The second-order valence-electron chi connectivity index (χ2n) is 6.16. The molecule has 0 bridgehead atoms. The first-order valence-electron chi connectivity index (χ1n) is 8.05. The number of pyridine rings is 1. The van der Waals surface area contributed by atoms with Crippen molar-refractivity contribution < 1.29 is 0 Å². The topological polar surface area (TPSA) is 24.9 Å². The second kappa shape index (κ2) is 5.45. The van der Waals surface area contributed by atoms with Crippen molar-refractivity contribution >= 4 is 16.6 Å². The fourth-order valence-corrected chi connectivity index (χ4v) is 3.68. The Kier molecular flexibility index (Phi) is 3.30. The van der Waals surface area contributed by atoms with Crippen molar-refractivity contribution in [2.45, 2.75) is 31.2 Å². The standard InChI is InChI=1S/C20H20N2/c1-2-10-17(11-3-1)20(13-4-5-14-20)22-18-12-6-8-16-9-7-15-21-19(16)18/h1-3,6-12,15,22H,4-5,13-14H2. The molecule has 3 aromatic rings. The van der Waals surface area contributed by atoms with Crippen LogP contribution in [0.3, 0.4) is 0 Å². The molecule has 1 aliphatic carbocycles. The number of benzene rings is 2. The molecule has 0 amide bonds. The molecule has 22 heavy (non-hydrogen) atoms. The SMILES string of the molecule is c1ccc(C2(Nc3cccc4cccnc34)CCCC2)cc1. The Morgan fingerprint density at radius 2 is 1.59 bits per heavy atom. The molecule has 1 N–H and O–H groups in total. The Morgan fingerprint density at radius 3 is 2.41 bits per heavy atom.